The van der Waals surface area contributed by atoms with Crippen LogP contribution in [-0.4, -0.2) is 34.5 Å². The summed E-state index contributed by atoms with van der Waals surface area (Å²) in [6, 6.07) is 1.66. The van der Waals surface area contributed by atoms with E-state index in [1.54, 1.807) is 12.3 Å². The smallest absolute Gasteiger partial charge is 0.337 e. The summed E-state index contributed by atoms with van der Waals surface area (Å²) in [5.41, 5.74) is 1.04. The summed E-state index contributed by atoms with van der Waals surface area (Å²) in [6.45, 7) is 2.37. The topological polar surface area (TPSA) is 60.7 Å². The SMILES string of the molecule is O=C(O)c1cc2n(c1)CC1(COC1)OC2. The van der Waals surface area contributed by atoms with Crippen molar-refractivity contribution in [3.8, 4) is 0 Å². The first kappa shape index (κ1) is 8.94. The minimum atomic E-state index is -0.893. The molecule has 2 aliphatic rings. The van der Waals surface area contributed by atoms with Crippen molar-refractivity contribution in [1.29, 1.82) is 0 Å². The zero-order valence-corrected chi connectivity index (χ0v) is 8.10. The van der Waals surface area contributed by atoms with Gasteiger partial charge in [0.15, 0.2) is 0 Å². The number of fused-ring (bicyclic) bond motifs is 1. The molecule has 0 amide bonds. The molecule has 5 nitrogen and oxygen atoms in total. The molecule has 1 aromatic rings. The predicted octanol–water partition coefficient (Wildman–Crippen LogP) is 0.485. The van der Waals surface area contributed by atoms with Crippen LogP contribution in [0.1, 0.15) is 16.1 Å². The van der Waals surface area contributed by atoms with Crippen LogP contribution >= 0.6 is 0 Å². The van der Waals surface area contributed by atoms with Gasteiger partial charge in [-0.05, 0) is 6.07 Å². The molecule has 1 saturated heterocycles. The fourth-order valence-electron chi connectivity index (χ4n) is 2.03. The van der Waals surface area contributed by atoms with E-state index in [1.165, 1.54) is 0 Å². The lowest BCUT2D eigenvalue weighted by molar-refractivity contribution is -0.232. The van der Waals surface area contributed by atoms with E-state index in [-0.39, 0.29) is 5.60 Å². The molecule has 0 aromatic carbocycles. The number of carboxylic acid groups (broad SMARTS) is 1. The van der Waals surface area contributed by atoms with E-state index in [2.05, 4.69) is 0 Å². The Labute approximate surface area is 86.2 Å². The van der Waals surface area contributed by atoms with Gasteiger partial charge in [0.25, 0.3) is 0 Å². The summed E-state index contributed by atoms with van der Waals surface area (Å²) in [6.07, 6.45) is 1.67. The van der Waals surface area contributed by atoms with E-state index >= 15 is 0 Å². The lowest BCUT2D eigenvalue weighted by Crippen LogP contribution is -2.56. The van der Waals surface area contributed by atoms with Crippen LogP contribution in [0.25, 0.3) is 0 Å². The molecule has 0 saturated carbocycles. The predicted molar refractivity (Wildman–Crippen MR) is 49.7 cm³/mol. The van der Waals surface area contributed by atoms with Gasteiger partial charge in [0.1, 0.15) is 5.60 Å². The third-order valence-corrected chi connectivity index (χ3v) is 2.95. The van der Waals surface area contributed by atoms with Crippen LogP contribution in [0.5, 0.6) is 0 Å². The van der Waals surface area contributed by atoms with Crippen molar-refractivity contribution in [2.45, 2.75) is 18.8 Å². The molecule has 0 unspecified atom stereocenters. The number of hydrogen-bond donors (Lipinski definition) is 1. The number of aromatic nitrogens is 1. The van der Waals surface area contributed by atoms with E-state index in [4.69, 9.17) is 14.6 Å². The van der Waals surface area contributed by atoms with Gasteiger partial charge >= 0.3 is 5.97 Å². The van der Waals surface area contributed by atoms with Gasteiger partial charge in [-0.3, -0.25) is 0 Å². The second kappa shape index (κ2) is 2.84. The third kappa shape index (κ3) is 1.27. The maximum absolute atomic E-state index is 10.8. The highest BCUT2D eigenvalue weighted by molar-refractivity contribution is 5.87. The molecule has 1 N–H and O–H groups in total. The van der Waals surface area contributed by atoms with Crippen molar-refractivity contribution < 1.29 is 19.4 Å². The molecule has 0 radical (unpaired) electrons. The van der Waals surface area contributed by atoms with Crippen LogP contribution in [0.3, 0.4) is 0 Å². The summed E-state index contributed by atoms with van der Waals surface area (Å²) < 4.78 is 12.8. The second-order valence-corrected chi connectivity index (χ2v) is 4.12. The van der Waals surface area contributed by atoms with Crippen LogP contribution in [0.15, 0.2) is 12.3 Å². The average Bonchev–Trinajstić information content (AvgIpc) is 2.57. The largest absolute Gasteiger partial charge is 0.478 e. The van der Waals surface area contributed by atoms with Gasteiger partial charge in [-0.25, -0.2) is 4.79 Å². The first-order valence-electron chi connectivity index (χ1n) is 4.83. The van der Waals surface area contributed by atoms with Gasteiger partial charge in [0.05, 0.1) is 31.9 Å². The molecule has 1 spiro atoms. The van der Waals surface area contributed by atoms with Gasteiger partial charge in [-0.2, -0.15) is 0 Å². The van der Waals surface area contributed by atoms with Gasteiger partial charge in [0.2, 0.25) is 0 Å². The minimum Gasteiger partial charge on any atom is -0.478 e. The highest BCUT2D eigenvalue weighted by Crippen LogP contribution is 2.30. The molecule has 0 bridgehead atoms. The number of carboxylic acids is 1. The number of aromatic carboxylic acids is 1. The third-order valence-electron chi connectivity index (χ3n) is 2.95. The number of hydrogen-bond acceptors (Lipinski definition) is 3. The fraction of sp³-hybridized carbons (Fsp3) is 0.500. The molecule has 1 fully saturated rings. The molecule has 0 aliphatic carbocycles. The van der Waals surface area contributed by atoms with Crippen molar-refractivity contribution in [3.05, 3.63) is 23.5 Å². The highest BCUT2D eigenvalue weighted by Gasteiger charge is 2.43. The quantitative estimate of drug-likeness (QED) is 0.731. The molecule has 15 heavy (non-hydrogen) atoms. The van der Waals surface area contributed by atoms with Crippen LogP contribution in [0, 0.1) is 0 Å². The Kier molecular flexibility index (Phi) is 1.69. The normalized spacial score (nSPS) is 22.1. The average molecular weight is 209 g/mol. The number of ether oxygens (including phenoxy) is 2. The molecule has 0 atom stereocenters. The number of rotatable bonds is 1. The molecule has 5 heteroatoms. The number of carbonyl (C=O) groups is 1. The zero-order chi connectivity index (χ0) is 10.5. The van der Waals surface area contributed by atoms with E-state index in [0.29, 0.717) is 31.9 Å². The second-order valence-electron chi connectivity index (χ2n) is 4.12. The molecule has 80 valence electrons. The standard InChI is InChI=1S/C10H11NO4/c12-9(13)7-1-8-3-15-10(5-14-6-10)4-11(8)2-7/h1-2H,3-6H2,(H,12,13). The van der Waals surface area contributed by atoms with Gasteiger partial charge in [-0.1, -0.05) is 0 Å². The van der Waals surface area contributed by atoms with Crippen LogP contribution < -0.4 is 0 Å². The molecule has 1 aromatic heterocycles. The first-order valence-corrected chi connectivity index (χ1v) is 4.83. The van der Waals surface area contributed by atoms with Crippen molar-refractivity contribution in [3.63, 3.8) is 0 Å². The maximum atomic E-state index is 10.8. The minimum absolute atomic E-state index is 0.207. The molecule has 3 heterocycles. The van der Waals surface area contributed by atoms with Gasteiger partial charge in [0, 0.05) is 11.9 Å². The van der Waals surface area contributed by atoms with Crippen LogP contribution in [-0.2, 0) is 22.6 Å². The Morgan fingerprint density at radius 1 is 1.53 bits per heavy atom. The van der Waals surface area contributed by atoms with Crippen molar-refractivity contribution >= 4 is 5.97 Å². The summed E-state index contributed by atoms with van der Waals surface area (Å²) in [5.74, 6) is -0.893. The lowest BCUT2D eigenvalue weighted by atomic mass is 10.0. The Bertz CT molecular complexity index is 419. The Morgan fingerprint density at radius 3 is 2.93 bits per heavy atom. The van der Waals surface area contributed by atoms with E-state index in [1.807, 2.05) is 4.57 Å². The van der Waals surface area contributed by atoms with Gasteiger partial charge < -0.3 is 19.1 Å². The zero-order valence-electron chi connectivity index (χ0n) is 8.10. The van der Waals surface area contributed by atoms with Crippen molar-refractivity contribution in [2.24, 2.45) is 0 Å². The number of nitrogens with zero attached hydrogens (tertiary/aromatic N) is 1. The highest BCUT2D eigenvalue weighted by atomic mass is 16.6. The Morgan fingerprint density at radius 2 is 2.33 bits per heavy atom. The molecule has 3 rings (SSSR count). The van der Waals surface area contributed by atoms with Crippen LogP contribution in [0.4, 0.5) is 0 Å². The summed E-state index contributed by atoms with van der Waals surface area (Å²) in [4.78, 5) is 10.8. The maximum Gasteiger partial charge on any atom is 0.337 e. The fourth-order valence-corrected chi connectivity index (χ4v) is 2.03. The van der Waals surface area contributed by atoms with Crippen LogP contribution in [0.2, 0.25) is 0 Å². The molecule has 2 aliphatic heterocycles. The van der Waals surface area contributed by atoms with E-state index in [9.17, 15) is 4.79 Å². The van der Waals surface area contributed by atoms with Crippen molar-refractivity contribution in [2.75, 3.05) is 13.2 Å². The summed E-state index contributed by atoms with van der Waals surface area (Å²) in [7, 11) is 0. The summed E-state index contributed by atoms with van der Waals surface area (Å²) in [5, 5.41) is 8.86. The van der Waals surface area contributed by atoms with E-state index in [0.717, 1.165) is 5.69 Å². The summed E-state index contributed by atoms with van der Waals surface area (Å²) >= 11 is 0. The van der Waals surface area contributed by atoms with Crippen molar-refractivity contribution in [1.82, 2.24) is 4.57 Å². The Hall–Kier alpha value is -1.33. The molecular weight excluding hydrogens is 198 g/mol. The molecular formula is C10H11NO4. The Balaban J connectivity index is 1.92. The lowest BCUT2D eigenvalue weighted by Gasteiger charge is -2.44. The monoisotopic (exact) mass is 209 g/mol. The van der Waals surface area contributed by atoms with E-state index < -0.39 is 5.97 Å². The van der Waals surface area contributed by atoms with Gasteiger partial charge in [-0.15, -0.1) is 0 Å². The first-order chi connectivity index (χ1) is 7.19.